The highest BCUT2D eigenvalue weighted by Gasteiger charge is 2.54. The number of benzene rings is 1. The normalized spacial score (nSPS) is 24.1. The van der Waals surface area contributed by atoms with E-state index in [1.165, 1.54) is 6.07 Å². The summed E-state index contributed by atoms with van der Waals surface area (Å²) in [5, 5.41) is 10.5. The molecule has 3 fully saturated rings. The monoisotopic (exact) mass is 500 g/mol. The summed E-state index contributed by atoms with van der Waals surface area (Å²) in [6, 6.07) is 2.72. The molecule has 2 saturated heterocycles. The topological polar surface area (TPSA) is 106 Å². The van der Waals surface area contributed by atoms with E-state index in [1.54, 1.807) is 6.20 Å². The van der Waals surface area contributed by atoms with Gasteiger partial charge in [-0.25, -0.2) is 18.2 Å². The minimum atomic E-state index is -5.25. The molecule has 0 bridgehead atoms. The molecule has 1 aromatic carbocycles. The highest BCUT2D eigenvalue weighted by atomic mass is 32.2. The van der Waals surface area contributed by atoms with Gasteiger partial charge in [0, 0.05) is 37.5 Å². The van der Waals surface area contributed by atoms with Crippen LogP contribution in [0.15, 0.2) is 29.3 Å². The molecule has 1 saturated carbocycles. The van der Waals surface area contributed by atoms with E-state index in [2.05, 4.69) is 15.4 Å². The number of urea groups is 1. The predicted octanol–water partition coefficient (Wildman–Crippen LogP) is 3.73. The minimum absolute atomic E-state index is 0.0189. The molecule has 2 amide bonds. The van der Waals surface area contributed by atoms with Gasteiger partial charge < -0.3 is 9.80 Å². The van der Waals surface area contributed by atoms with Crippen molar-refractivity contribution in [3.05, 3.63) is 41.5 Å². The van der Waals surface area contributed by atoms with Crippen molar-refractivity contribution in [2.24, 2.45) is 11.3 Å². The van der Waals surface area contributed by atoms with Crippen LogP contribution in [0.4, 0.5) is 22.4 Å². The van der Waals surface area contributed by atoms with Crippen LogP contribution < -0.4 is 0 Å². The Morgan fingerprint density at radius 2 is 2.00 bits per heavy atom. The number of alkyl halides is 3. The maximum absolute atomic E-state index is 14.4. The molecule has 2 aromatic rings. The Labute approximate surface area is 193 Å². The van der Waals surface area contributed by atoms with Crippen LogP contribution in [0.1, 0.15) is 36.4 Å². The van der Waals surface area contributed by atoms with Crippen LogP contribution in [0.5, 0.6) is 0 Å². The number of nitrogens with one attached hydrogen (secondary N) is 2. The molecule has 0 radical (unpaired) electrons. The molecule has 3 heterocycles. The average molecular weight is 501 g/mol. The zero-order valence-electron chi connectivity index (χ0n) is 18.1. The molecular weight excluding hydrogens is 476 g/mol. The Kier molecular flexibility index (Phi) is 5.37. The molecule has 184 valence electrons. The maximum atomic E-state index is 14.4. The summed E-state index contributed by atoms with van der Waals surface area (Å²) in [4.78, 5) is 15.6. The van der Waals surface area contributed by atoms with Crippen LogP contribution in [0.3, 0.4) is 0 Å². The van der Waals surface area contributed by atoms with Crippen molar-refractivity contribution in [2.75, 3.05) is 26.2 Å². The lowest BCUT2D eigenvalue weighted by Crippen LogP contribution is -2.65. The summed E-state index contributed by atoms with van der Waals surface area (Å²) >= 11 is 0. The zero-order chi connectivity index (χ0) is 24.3. The Bertz CT molecular complexity index is 1190. The summed E-state index contributed by atoms with van der Waals surface area (Å²) in [6.07, 6.45) is 4.53. The van der Waals surface area contributed by atoms with E-state index < -0.39 is 26.0 Å². The van der Waals surface area contributed by atoms with Gasteiger partial charge >= 0.3 is 11.5 Å². The van der Waals surface area contributed by atoms with Gasteiger partial charge in [0.25, 0.3) is 0 Å². The lowest BCUT2D eigenvalue weighted by Gasteiger charge is -2.59. The van der Waals surface area contributed by atoms with Crippen molar-refractivity contribution in [3.8, 4) is 0 Å². The van der Waals surface area contributed by atoms with E-state index in [4.69, 9.17) is 4.78 Å². The van der Waals surface area contributed by atoms with Crippen LogP contribution in [0, 0.1) is 21.9 Å². The van der Waals surface area contributed by atoms with Gasteiger partial charge in [-0.2, -0.15) is 28.6 Å². The highest BCUT2D eigenvalue weighted by molar-refractivity contribution is 7.93. The second kappa shape index (κ2) is 7.92. The van der Waals surface area contributed by atoms with Gasteiger partial charge in [-0.1, -0.05) is 6.07 Å². The Morgan fingerprint density at radius 1 is 1.26 bits per heavy atom. The first-order chi connectivity index (χ1) is 16.0. The Balaban J connectivity index is 1.11. The standard InChI is InChI=1S/C21H24F4N6O2S/c22-17-6-16(34(26,33)21(23,24)25)2-1-14(17)5-13-7-20(8-13)11-31(12-20)19(32)30-4-3-15(10-30)18-9-27-29-28-18/h1-2,6,9,13,15,26H,3-5,7-8,10-12H2,(H,27,28,29). The number of carbonyl (C=O) groups excluding carboxylic acids is 1. The van der Waals surface area contributed by atoms with Gasteiger partial charge in [-0.3, -0.25) is 0 Å². The van der Waals surface area contributed by atoms with Gasteiger partial charge in [0.15, 0.2) is 9.73 Å². The number of carbonyl (C=O) groups is 1. The molecule has 2 N–H and O–H groups in total. The van der Waals surface area contributed by atoms with E-state index in [9.17, 15) is 26.6 Å². The van der Waals surface area contributed by atoms with Crippen LogP contribution in [-0.2, 0) is 16.1 Å². The number of aromatic nitrogens is 3. The molecular formula is C21H24F4N6O2S. The number of nitrogens with zero attached hydrogens (tertiary/aromatic N) is 4. The van der Waals surface area contributed by atoms with Crippen LogP contribution in [-0.4, -0.2) is 67.1 Å². The predicted molar refractivity (Wildman–Crippen MR) is 113 cm³/mol. The average Bonchev–Trinajstić information content (AvgIpc) is 3.40. The summed E-state index contributed by atoms with van der Waals surface area (Å²) in [7, 11) is -5.08. The fourth-order valence-corrected chi connectivity index (χ4v) is 6.36. The van der Waals surface area contributed by atoms with Crippen molar-refractivity contribution < 1.29 is 26.6 Å². The van der Waals surface area contributed by atoms with Gasteiger partial charge in [0.2, 0.25) is 0 Å². The van der Waals surface area contributed by atoms with E-state index in [1.807, 2.05) is 9.80 Å². The summed E-state index contributed by atoms with van der Waals surface area (Å²) in [6.45, 7) is 2.60. The second-order valence-corrected chi connectivity index (χ2v) is 11.7. The third kappa shape index (κ3) is 3.93. The number of hydrogen-bond donors (Lipinski definition) is 2. The molecule has 2 aliphatic heterocycles. The lowest BCUT2D eigenvalue weighted by molar-refractivity contribution is -0.0755. The molecule has 1 aliphatic carbocycles. The molecule has 1 aromatic heterocycles. The number of aromatic amines is 1. The van der Waals surface area contributed by atoms with Crippen molar-refractivity contribution >= 4 is 15.8 Å². The lowest BCUT2D eigenvalue weighted by atomic mass is 9.56. The number of amides is 2. The first kappa shape index (κ1) is 23.1. The highest BCUT2D eigenvalue weighted by Crippen LogP contribution is 2.53. The number of H-pyrrole nitrogens is 1. The fraction of sp³-hybridized carbons (Fsp3) is 0.571. The van der Waals surface area contributed by atoms with E-state index in [0.717, 1.165) is 31.0 Å². The molecule has 34 heavy (non-hydrogen) atoms. The van der Waals surface area contributed by atoms with E-state index in [0.29, 0.717) is 38.7 Å². The van der Waals surface area contributed by atoms with Gasteiger partial charge in [0.05, 0.1) is 16.8 Å². The third-order valence-electron chi connectivity index (χ3n) is 7.27. The second-order valence-electron chi connectivity index (χ2n) is 9.70. The van der Waals surface area contributed by atoms with Crippen LogP contribution in [0.25, 0.3) is 0 Å². The molecule has 1 spiro atoms. The van der Waals surface area contributed by atoms with Gasteiger partial charge in [-0.05, 0) is 49.3 Å². The van der Waals surface area contributed by atoms with Gasteiger partial charge in [0.1, 0.15) is 5.82 Å². The van der Waals surface area contributed by atoms with E-state index >= 15 is 0 Å². The van der Waals surface area contributed by atoms with Crippen molar-refractivity contribution in [3.63, 3.8) is 0 Å². The smallest absolute Gasteiger partial charge is 0.324 e. The third-order valence-corrected chi connectivity index (χ3v) is 8.84. The number of hydrogen-bond acceptors (Lipinski definition) is 5. The Hall–Kier alpha value is -2.70. The largest absolute Gasteiger partial charge is 0.483 e. The molecule has 2 unspecified atom stereocenters. The van der Waals surface area contributed by atoms with Gasteiger partial charge in [-0.15, -0.1) is 0 Å². The first-order valence-corrected chi connectivity index (χ1v) is 12.6. The molecule has 13 heteroatoms. The molecule has 8 nitrogen and oxygen atoms in total. The quantitative estimate of drug-likeness (QED) is 0.624. The van der Waals surface area contributed by atoms with Crippen LogP contribution >= 0.6 is 0 Å². The van der Waals surface area contributed by atoms with Crippen molar-refractivity contribution in [1.29, 1.82) is 4.78 Å². The van der Waals surface area contributed by atoms with Crippen molar-refractivity contribution in [2.45, 2.75) is 42.0 Å². The molecule has 5 rings (SSSR count). The fourth-order valence-electron chi connectivity index (χ4n) is 5.57. The SMILES string of the molecule is N=S(=O)(c1ccc(CC2CC3(C2)CN(C(=O)N2CCC(c4cn[nH]n4)C2)C3)c(F)c1)C(F)(F)F. The summed E-state index contributed by atoms with van der Waals surface area (Å²) in [5.74, 6) is -0.514. The number of rotatable bonds is 4. The summed E-state index contributed by atoms with van der Waals surface area (Å²) in [5.41, 5.74) is -4.10. The molecule has 3 aliphatic rings. The van der Waals surface area contributed by atoms with Crippen LogP contribution in [0.2, 0.25) is 0 Å². The maximum Gasteiger partial charge on any atom is 0.483 e. The molecule has 2 atom stereocenters. The first-order valence-electron chi connectivity index (χ1n) is 11.0. The minimum Gasteiger partial charge on any atom is -0.324 e. The van der Waals surface area contributed by atoms with Crippen molar-refractivity contribution in [1.82, 2.24) is 25.2 Å². The summed E-state index contributed by atoms with van der Waals surface area (Å²) < 4.78 is 71.6. The number of likely N-dealkylation sites (tertiary alicyclic amines) is 2. The zero-order valence-corrected chi connectivity index (χ0v) is 19.0. The van der Waals surface area contributed by atoms with E-state index in [-0.39, 0.29) is 28.8 Å². The Morgan fingerprint density at radius 3 is 2.62 bits per heavy atom. The number of halogens is 4.